The summed E-state index contributed by atoms with van der Waals surface area (Å²) in [5.74, 6) is 0.606. The lowest BCUT2D eigenvalue weighted by molar-refractivity contribution is -0.122. The maximum absolute atomic E-state index is 13.0. The summed E-state index contributed by atoms with van der Waals surface area (Å²) in [7, 11) is 0. The van der Waals surface area contributed by atoms with Crippen LogP contribution in [-0.2, 0) is 4.79 Å². The Bertz CT molecular complexity index is 446. The van der Waals surface area contributed by atoms with Crippen LogP contribution in [-0.4, -0.2) is 18.5 Å². The van der Waals surface area contributed by atoms with Crippen LogP contribution in [0.15, 0.2) is 24.3 Å². The first-order valence-corrected chi connectivity index (χ1v) is 7.00. The Balaban J connectivity index is 1.67. The molecule has 3 nitrogen and oxygen atoms in total. The Morgan fingerprint density at radius 1 is 1.21 bits per heavy atom. The number of carbonyl (C=O) groups is 1. The highest BCUT2D eigenvalue weighted by Crippen LogP contribution is 2.41. The van der Waals surface area contributed by atoms with Crippen molar-refractivity contribution >= 4 is 5.91 Å². The molecule has 0 radical (unpaired) electrons. The van der Waals surface area contributed by atoms with Crippen molar-refractivity contribution < 1.29 is 9.18 Å². The molecule has 2 atom stereocenters. The Morgan fingerprint density at radius 3 is 2.53 bits per heavy atom. The summed E-state index contributed by atoms with van der Waals surface area (Å²) >= 11 is 0. The molecular formula is C15H19FN2O. The second-order valence-corrected chi connectivity index (χ2v) is 5.57. The van der Waals surface area contributed by atoms with E-state index in [-0.39, 0.29) is 11.7 Å². The molecule has 0 bridgehead atoms. The van der Waals surface area contributed by atoms with Gasteiger partial charge in [-0.25, -0.2) is 4.39 Å². The van der Waals surface area contributed by atoms with Gasteiger partial charge >= 0.3 is 0 Å². The van der Waals surface area contributed by atoms with Crippen molar-refractivity contribution in [2.24, 2.45) is 5.92 Å². The van der Waals surface area contributed by atoms with E-state index in [1.54, 1.807) is 0 Å². The minimum atomic E-state index is -0.191. The summed E-state index contributed by atoms with van der Waals surface area (Å²) in [5, 5.41) is 6.53. The first-order valence-electron chi connectivity index (χ1n) is 7.00. The van der Waals surface area contributed by atoms with Gasteiger partial charge in [-0.1, -0.05) is 12.1 Å². The Kier molecular flexibility index (Phi) is 3.51. The number of rotatable bonds is 4. The molecule has 0 aromatic heterocycles. The van der Waals surface area contributed by atoms with Gasteiger partial charge in [0, 0.05) is 25.0 Å². The molecule has 102 valence electrons. The Morgan fingerprint density at radius 2 is 1.95 bits per heavy atom. The first kappa shape index (κ1) is 12.6. The molecule has 1 aliphatic heterocycles. The van der Waals surface area contributed by atoms with E-state index in [1.807, 2.05) is 12.1 Å². The molecule has 0 spiro atoms. The summed E-state index contributed by atoms with van der Waals surface area (Å²) in [6, 6.07) is 7.40. The van der Waals surface area contributed by atoms with Crippen LogP contribution in [0.1, 0.15) is 37.3 Å². The van der Waals surface area contributed by atoms with Crippen molar-refractivity contribution in [3.8, 4) is 0 Å². The number of hydrogen-bond acceptors (Lipinski definition) is 2. The normalized spacial score (nSPS) is 24.9. The minimum Gasteiger partial charge on any atom is -0.355 e. The van der Waals surface area contributed by atoms with Gasteiger partial charge in [0.1, 0.15) is 5.82 Å². The van der Waals surface area contributed by atoms with Crippen LogP contribution in [0.2, 0.25) is 0 Å². The van der Waals surface area contributed by atoms with Gasteiger partial charge < -0.3 is 10.6 Å². The number of hydrogen-bond donors (Lipinski definition) is 2. The summed E-state index contributed by atoms with van der Waals surface area (Å²) in [5.41, 5.74) is 1.15. The van der Waals surface area contributed by atoms with Gasteiger partial charge in [-0.3, -0.25) is 4.79 Å². The highest BCUT2D eigenvalue weighted by molar-refractivity contribution is 5.76. The molecule has 19 heavy (non-hydrogen) atoms. The van der Waals surface area contributed by atoms with Crippen LogP contribution in [0.3, 0.4) is 0 Å². The average molecular weight is 262 g/mol. The maximum atomic E-state index is 13.0. The number of amides is 1. The van der Waals surface area contributed by atoms with E-state index < -0.39 is 0 Å². The summed E-state index contributed by atoms with van der Waals surface area (Å²) in [6.07, 6.45) is 3.94. The molecular weight excluding hydrogens is 243 g/mol. The smallest absolute Gasteiger partial charge is 0.220 e. The van der Waals surface area contributed by atoms with Crippen LogP contribution in [0.5, 0.6) is 0 Å². The van der Waals surface area contributed by atoms with Crippen molar-refractivity contribution in [3.63, 3.8) is 0 Å². The molecule has 4 heteroatoms. The van der Waals surface area contributed by atoms with Crippen LogP contribution in [0, 0.1) is 11.7 Å². The van der Waals surface area contributed by atoms with E-state index in [9.17, 15) is 9.18 Å². The monoisotopic (exact) mass is 262 g/mol. The summed E-state index contributed by atoms with van der Waals surface area (Å²) in [6.45, 7) is 0.698. The zero-order chi connectivity index (χ0) is 13.2. The highest BCUT2D eigenvalue weighted by atomic mass is 19.1. The minimum absolute atomic E-state index is 0.141. The zero-order valence-electron chi connectivity index (χ0n) is 10.9. The Labute approximate surface area is 112 Å². The largest absolute Gasteiger partial charge is 0.355 e. The quantitative estimate of drug-likeness (QED) is 0.873. The molecule has 1 saturated carbocycles. The van der Waals surface area contributed by atoms with Gasteiger partial charge in [-0.15, -0.1) is 0 Å². The number of benzene rings is 1. The molecule has 2 aliphatic rings. The fourth-order valence-corrected chi connectivity index (χ4v) is 2.73. The average Bonchev–Trinajstić information content (AvgIpc) is 3.24. The molecule has 1 amide bonds. The topological polar surface area (TPSA) is 41.1 Å². The van der Waals surface area contributed by atoms with E-state index in [0.29, 0.717) is 31.0 Å². The molecule has 2 unspecified atom stereocenters. The van der Waals surface area contributed by atoms with E-state index >= 15 is 0 Å². The third kappa shape index (κ3) is 3.13. The van der Waals surface area contributed by atoms with Gasteiger partial charge in [0.25, 0.3) is 0 Å². The molecule has 1 heterocycles. The van der Waals surface area contributed by atoms with Gasteiger partial charge in [-0.05, 0) is 42.9 Å². The van der Waals surface area contributed by atoms with Crippen molar-refractivity contribution in [2.75, 3.05) is 6.54 Å². The van der Waals surface area contributed by atoms with E-state index in [0.717, 1.165) is 12.0 Å². The molecule has 2 N–H and O–H groups in total. The van der Waals surface area contributed by atoms with E-state index in [4.69, 9.17) is 0 Å². The molecule has 2 fully saturated rings. The van der Waals surface area contributed by atoms with E-state index in [2.05, 4.69) is 10.6 Å². The standard InChI is InChI=1S/C15H19FN2O/c16-12-5-3-11(4-6-12)15(10-1-2-10)18-13-7-8-14(19)17-9-13/h3-6,10,13,15,18H,1-2,7-9H2,(H,17,19). The lowest BCUT2D eigenvalue weighted by Gasteiger charge is -2.29. The number of carbonyl (C=O) groups excluding carboxylic acids is 1. The third-order valence-electron chi connectivity index (χ3n) is 4.00. The first-order chi connectivity index (χ1) is 9.22. The van der Waals surface area contributed by atoms with Crippen molar-refractivity contribution in [3.05, 3.63) is 35.6 Å². The fraction of sp³-hybridized carbons (Fsp3) is 0.533. The highest BCUT2D eigenvalue weighted by Gasteiger charge is 2.34. The van der Waals surface area contributed by atoms with Crippen molar-refractivity contribution in [2.45, 2.75) is 37.8 Å². The third-order valence-corrected chi connectivity index (χ3v) is 4.00. The zero-order valence-corrected chi connectivity index (χ0v) is 10.9. The number of halogens is 1. The van der Waals surface area contributed by atoms with Crippen LogP contribution >= 0.6 is 0 Å². The van der Waals surface area contributed by atoms with Crippen molar-refractivity contribution in [1.82, 2.24) is 10.6 Å². The summed E-state index contributed by atoms with van der Waals surface area (Å²) in [4.78, 5) is 11.2. The summed E-state index contributed by atoms with van der Waals surface area (Å²) < 4.78 is 13.0. The van der Waals surface area contributed by atoms with Crippen molar-refractivity contribution in [1.29, 1.82) is 0 Å². The number of piperidine rings is 1. The Hall–Kier alpha value is -1.42. The predicted molar refractivity (Wildman–Crippen MR) is 71.0 cm³/mol. The molecule has 3 rings (SSSR count). The van der Waals surface area contributed by atoms with Gasteiger partial charge in [0.15, 0.2) is 0 Å². The van der Waals surface area contributed by atoms with Crippen LogP contribution < -0.4 is 10.6 Å². The lowest BCUT2D eigenvalue weighted by Crippen LogP contribution is -2.47. The molecule has 1 aliphatic carbocycles. The van der Waals surface area contributed by atoms with Crippen LogP contribution in [0.4, 0.5) is 4.39 Å². The second-order valence-electron chi connectivity index (χ2n) is 5.57. The molecule has 1 aromatic carbocycles. The predicted octanol–water partition coefficient (Wildman–Crippen LogP) is 2.15. The van der Waals surface area contributed by atoms with Gasteiger partial charge in [0.2, 0.25) is 5.91 Å². The maximum Gasteiger partial charge on any atom is 0.220 e. The van der Waals surface area contributed by atoms with Gasteiger partial charge in [-0.2, -0.15) is 0 Å². The van der Waals surface area contributed by atoms with E-state index in [1.165, 1.54) is 25.0 Å². The van der Waals surface area contributed by atoms with Gasteiger partial charge in [0.05, 0.1) is 0 Å². The fourth-order valence-electron chi connectivity index (χ4n) is 2.73. The lowest BCUT2D eigenvalue weighted by atomic mass is 9.99. The number of nitrogens with one attached hydrogen (secondary N) is 2. The molecule has 1 saturated heterocycles. The van der Waals surface area contributed by atoms with Crippen LogP contribution in [0.25, 0.3) is 0 Å². The SMILES string of the molecule is O=C1CCC(NC(c2ccc(F)cc2)C2CC2)CN1. The second kappa shape index (κ2) is 5.29. The molecule has 1 aromatic rings.